The van der Waals surface area contributed by atoms with Crippen LogP contribution in [-0.4, -0.2) is 10.2 Å². The minimum absolute atomic E-state index is 0.201. The average molecular weight is 369 g/mol. The maximum atomic E-state index is 14.4. The predicted molar refractivity (Wildman–Crippen MR) is 92.9 cm³/mol. The summed E-state index contributed by atoms with van der Waals surface area (Å²) in [6.07, 6.45) is 1.33. The normalized spacial score (nSPS) is 11.0. The van der Waals surface area contributed by atoms with Gasteiger partial charge in [0, 0.05) is 21.9 Å². The molecular formula is C19H9F2NO3S. The molecule has 0 saturated carbocycles. The molecule has 0 aliphatic carbocycles. The lowest BCUT2D eigenvalue weighted by Gasteiger charge is -2.05. The van der Waals surface area contributed by atoms with Gasteiger partial charge in [-0.05, 0) is 35.9 Å². The molecule has 2 heterocycles. The van der Waals surface area contributed by atoms with Crippen molar-refractivity contribution in [3.63, 3.8) is 0 Å². The Hall–Kier alpha value is -3.37. The van der Waals surface area contributed by atoms with E-state index in [9.17, 15) is 24.3 Å². The Morgan fingerprint density at radius 1 is 1.04 bits per heavy atom. The number of furan rings is 1. The Labute approximate surface area is 149 Å². The average Bonchev–Trinajstić information content (AvgIpc) is 3.21. The van der Waals surface area contributed by atoms with E-state index in [-0.39, 0.29) is 21.8 Å². The maximum Gasteiger partial charge on any atom is 0.165 e. The van der Waals surface area contributed by atoms with Crippen molar-refractivity contribution in [3.8, 4) is 39.3 Å². The van der Waals surface area contributed by atoms with Gasteiger partial charge in [0.1, 0.15) is 17.6 Å². The summed E-state index contributed by atoms with van der Waals surface area (Å²) in [6.45, 7) is 0. The summed E-state index contributed by atoms with van der Waals surface area (Å²) in [5, 5.41) is 28.9. The van der Waals surface area contributed by atoms with Crippen LogP contribution in [-0.2, 0) is 0 Å². The van der Waals surface area contributed by atoms with Crippen LogP contribution in [0.3, 0.4) is 0 Å². The van der Waals surface area contributed by atoms with Gasteiger partial charge in [-0.1, -0.05) is 0 Å². The van der Waals surface area contributed by atoms with Crippen molar-refractivity contribution in [3.05, 3.63) is 59.9 Å². The van der Waals surface area contributed by atoms with Gasteiger partial charge in [-0.25, -0.2) is 8.78 Å². The Balaban J connectivity index is 2.13. The molecule has 4 rings (SSSR count). The molecule has 128 valence electrons. The molecule has 0 radical (unpaired) electrons. The molecule has 0 aliphatic heterocycles. The highest BCUT2D eigenvalue weighted by Gasteiger charge is 2.23. The summed E-state index contributed by atoms with van der Waals surface area (Å²) >= 11 is 1.04. The van der Waals surface area contributed by atoms with Crippen LogP contribution in [0.25, 0.3) is 31.9 Å². The third kappa shape index (κ3) is 2.39. The van der Waals surface area contributed by atoms with E-state index in [1.807, 2.05) is 6.07 Å². The van der Waals surface area contributed by atoms with Gasteiger partial charge in [0.15, 0.2) is 17.3 Å². The zero-order chi connectivity index (χ0) is 18.4. The molecule has 0 unspecified atom stereocenters. The van der Waals surface area contributed by atoms with Crippen molar-refractivity contribution in [1.29, 1.82) is 5.26 Å². The number of fused-ring (bicyclic) bond motifs is 1. The second-order valence-corrected chi connectivity index (χ2v) is 6.57. The van der Waals surface area contributed by atoms with E-state index in [0.29, 0.717) is 21.4 Å². The number of aromatic hydroxyl groups is 2. The molecule has 0 bridgehead atoms. The van der Waals surface area contributed by atoms with E-state index in [0.717, 1.165) is 23.5 Å². The third-order valence-electron chi connectivity index (χ3n) is 3.95. The van der Waals surface area contributed by atoms with Gasteiger partial charge in [0.25, 0.3) is 0 Å². The minimum Gasteiger partial charge on any atom is -0.508 e. The molecule has 7 heteroatoms. The van der Waals surface area contributed by atoms with Gasteiger partial charge >= 0.3 is 0 Å². The molecule has 2 aromatic carbocycles. The quantitative estimate of drug-likeness (QED) is 0.497. The van der Waals surface area contributed by atoms with Gasteiger partial charge in [-0.15, -0.1) is 11.3 Å². The molecule has 0 fully saturated rings. The number of nitriles is 1. The van der Waals surface area contributed by atoms with Gasteiger partial charge in [-0.2, -0.15) is 5.26 Å². The summed E-state index contributed by atoms with van der Waals surface area (Å²) in [5.41, 5.74) is 0.996. The predicted octanol–water partition coefficient (Wildman–Crippen LogP) is 5.39. The van der Waals surface area contributed by atoms with Crippen LogP contribution >= 0.6 is 11.3 Å². The van der Waals surface area contributed by atoms with Crippen molar-refractivity contribution in [2.45, 2.75) is 0 Å². The van der Waals surface area contributed by atoms with Crippen LogP contribution < -0.4 is 0 Å². The number of phenols is 2. The fourth-order valence-electron chi connectivity index (χ4n) is 2.81. The first-order valence-electron chi connectivity index (χ1n) is 7.41. The minimum atomic E-state index is -0.825. The lowest BCUT2D eigenvalue weighted by atomic mass is 10.0. The highest BCUT2D eigenvalue weighted by atomic mass is 32.1. The van der Waals surface area contributed by atoms with Gasteiger partial charge in [-0.3, -0.25) is 0 Å². The number of benzene rings is 2. The highest BCUT2D eigenvalue weighted by Crippen LogP contribution is 2.48. The van der Waals surface area contributed by atoms with E-state index in [1.54, 1.807) is 0 Å². The molecule has 0 atom stereocenters. The van der Waals surface area contributed by atoms with E-state index >= 15 is 0 Å². The van der Waals surface area contributed by atoms with E-state index in [1.165, 1.54) is 30.5 Å². The first-order valence-corrected chi connectivity index (χ1v) is 8.23. The largest absolute Gasteiger partial charge is 0.508 e. The highest BCUT2D eigenvalue weighted by molar-refractivity contribution is 7.23. The summed E-state index contributed by atoms with van der Waals surface area (Å²) in [7, 11) is 0. The maximum absolute atomic E-state index is 14.4. The van der Waals surface area contributed by atoms with Crippen LogP contribution in [0.2, 0.25) is 0 Å². The van der Waals surface area contributed by atoms with Crippen molar-refractivity contribution in [1.82, 2.24) is 0 Å². The summed E-state index contributed by atoms with van der Waals surface area (Å²) < 4.78 is 33.9. The first-order chi connectivity index (χ1) is 12.5. The third-order valence-corrected chi connectivity index (χ3v) is 5.21. The lowest BCUT2D eigenvalue weighted by molar-refractivity contribution is 0.432. The lowest BCUT2D eigenvalue weighted by Crippen LogP contribution is -1.84. The number of rotatable bonds is 2. The zero-order valence-electron chi connectivity index (χ0n) is 13.0. The second kappa shape index (κ2) is 5.86. The van der Waals surface area contributed by atoms with Crippen LogP contribution in [0.4, 0.5) is 8.78 Å². The fourth-order valence-corrected chi connectivity index (χ4v) is 3.99. The zero-order valence-corrected chi connectivity index (χ0v) is 13.8. The summed E-state index contributed by atoms with van der Waals surface area (Å²) in [4.78, 5) is 0.454. The Bertz CT molecular complexity index is 1200. The molecule has 4 nitrogen and oxygen atoms in total. The fraction of sp³-hybridized carbons (Fsp3) is 0. The SMILES string of the molecule is N#Cc1ccoc1-c1c(-c2ccc(O)c(F)c2)sc2c(F)cc(O)cc12. The smallest absolute Gasteiger partial charge is 0.165 e. The molecular weight excluding hydrogens is 360 g/mol. The van der Waals surface area contributed by atoms with Gasteiger partial charge in [0.05, 0.1) is 16.5 Å². The van der Waals surface area contributed by atoms with Crippen LogP contribution in [0.1, 0.15) is 5.56 Å². The van der Waals surface area contributed by atoms with Crippen molar-refractivity contribution < 1.29 is 23.4 Å². The molecule has 0 spiro atoms. The van der Waals surface area contributed by atoms with Crippen molar-refractivity contribution in [2.24, 2.45) is 0 Å². The Morgan fingerprint density at radius 3 is 2.58 bits per heavy atom. The standard InChI is InChI=1S/C19H9F2NO3S/c20-13-5-9(1-2-15(13)24)18-16(17-10(8-22)3-4-25-17)12-6-11(23)7-14(21)19(12)26-18/h1-7,23-24H. The van der Waals surface area contributed by atoms with Gasteiger partial charge in [0.2, 0.25) is 0 Å². The van der Waals surface area contributed by atoms with Crippen LogP contribution in [0, 0.1) is 23.0 Å². The van der Waals surface area contributed by atoms with E-state index in [4.69, 9.17) is 4.42 Å². The molecule has 26 heavy (non-hydrogen) atoms. The van der Waals surface area contributed by atoms with Gasteiger partial charge < -0.3 is 14.6 Å². The van der Waals surface area contributed by atoms with E-state index < -0.39 is 17.4 Å². The van der Waals surface area contributed by atoms with Crippen LogP contribution in [0.15, 0.2) is 47.1 Å². The summed E-state index contributed by atoms with van der Waals surface area (Å²) in [6, 6.07) is 9.62. The molecule has 0 saturated heterocycles. The first kappa shape index (κ1) is 16.1. The van der Waals surface area contributed by atoms with Crippen molar-refractivity contribution >= 4 is 21.4 Å². The van der Waals surface area contributed by atoms with Crippen molar-refractivity contribution in [2.75, 3.05) is 0 Å². The number of hydrogen-bond acceptors (Lipinski definition) is 5. The van der Waals surface area contributed by atoms with Crippen LogP contribution in [0.5, 0.6) is 11.5 Å². The number of thiophene rings is 1. The molecule has 0 aliphatic rings. The Morgan fingerprint density at radius 2 is 1.85 bits per heavy atom. The topological polar surface area (TPSA) is 77.4 Å². The number of nitrogens with zero attached hydrogens (tertiary/aromatic N) is 1. The van der Waals surface area contributed by atoms with E-state index in [2.05, 4.69) is 0 Å². The Kier molecular flexibility index (Phi) is 3.63. The molecule has 0 amide bonds. The monoisotopic (exact) mass is 369 g/mol. The number of phenolic OH excluding ortho intramolecular Hbond substituents is 2. The molecule has 2 N–H and O–H groups in total. The number of halogens is 2. The number of hydrogen-bond donors (Lipinski definition) is 2. The molecule has 4 aromatic rings. The summed E-state index contributed by atoms with van der Waals surface area (Å²) in [5.74, 6) is -2.04. The second-order valence-electron chi connectivity index (χ2n) is 5.55. The molecule has 2 aromatic heterocycles.